The third kappa shape index (κ3) is 6.30. The van der Waals surface area contributed by atoms with Gasteiger partial charge in [-0.25, -0.2) is 4.98 Å². The van der Waals surface area contributed by atoms with Crippen molar-refractivity contribution in [2.75, 3.05) is 26.9 Å². The third-order valence-corrected chi connectivity index (χ3v) is 7.11. The highest BCUT2D eigenvalue weighted by Gasteiger charge is 2.15. The minimum Gasteiger partial charge on any atom is -0.481 e. The van der Waals surface area contributed by atoms with Gasteiger partial charge in [-0.3, -0.25) is 0 Å². The zero-order valence-electron chi connectivity index (χ0n) is 22.6. The summed E-state index contributed by atoms with van der Waals surface area (Å²) in [5, 5.41) is 21.3. The third-order valence-electron chi connectivity index (χ3n) is 7.11. The summed E-state index contributed by atoms with van der Waals surface area (Å²) < 4.78 is 5.59. The molecular formula is C33H38N2O3. The molecule has 3 N–H and O–H groups in total. The van der Waals surface area contributed by atoms with Crippen molar-refractivity contribution in [3.63, 3.8) is 0 Å². The molecule has 0 bridgehead atoms. The quantitative estimate of drug-likeness (QED) is 0.201. The highest BCUT2D eigenvalue weighted by Crippen LogP contribution is 2.37. The van der Waals surface area contributed by atoms with Gasteiger partial charge in [-0.05, 0) is 78.1 Å². The fraction of sp³-hybridized carbons (Fsp3) is 0.303. The molecule has 0 unspecified atom stereocenters. The van der Waals surface area contributed by atoms with E-state index < -0.39 is 0 Å². The molecule has 0 saturated carbocycles. The van der Waals surface area contributed by atoms with Gasteiger partial charge in [-0.15, -0.1) is 0 Å². The number of unbranched alkanes of at least 4 members (excludes halogenated alkanes) is 1. The van der Waals surface area contributed by atoms with E-state index in [-0.39, 0.29) is 13.2 Å². The molecule has 0 amide bonds. The van der Waals surface area contributed by atoms with Crippen molar-refractivity contribution in [2.45, 2.75) is 39.7 Å². The summed E-state index contributed by atoms with van der Waals surface area (Å²) in [5.41, 5.74) is 11.5. The van der Waals surface area contributed by atoms with E-state index in [1.807, 2.05) is 12.1 Å². The van der Waals surface area contributed by atoms with E-state index in [1.165, 1.54) is 38.9 Å². The van der Waals surface area contributed by atoms with Crippen LogP contribution in [0.25, 0.3) is 33.5 Å². The van der Waals surface area contributed by atoms with Crippen LogP contribution in [0.15, 0.2) is 72.8 Å². The SMILES string of the molecule is COc1nc(-c2cccc(-c3cccc(-c4ccc(CCCCO)cc4)c3C)c2C)ccc1CNCCO. The van der Waals surface area contributed by atoms with Gasteiger partial charge in [0.25, 0.3) is 0 Å². The molecule has 0 fully saturated rings. The predicted octanol–water partition coefficient (Wildman–Crippen LogP) is 6.10. The van der Waals surface area contributed by atoms with Gasteiger partial charge in [0.2, 0.25) is 5.88 Å². The first kappa shape index (κ1) is 27.5. The molecule has 4 rings (SSSR count). The first-order valence-corrected chi connectivity index (χ1v) is 13.3. The molecule has 3 aromatic carbocycles. The second kappa shape index (κ2) is 13.3. The fourth-order valence-electron chi connectivity index (χ4n) is 4.97. The van der Waals surface area contributed by atoms with Crippen molar-refractivity contribution in [1.82, 2.24) is 10.3 Å². The van der Waals surface area contributed by atoms with Gasteiger partial charge >= 0.3 is 0 Å². The van der Waals surface area contributed by atoms with Crippen molar-refractivity contribution in [3.8, 4) is 39.4 Å². The Morgan fingerprint density at radius 3 is 2.05 bits per heavy atom. The Balaban J connectivity index is 1.65. The number of aliphatic hydroxyl groups is 2. The van der Waals surface area contributed by atoms with E-state index in [9.17, 15) is 0 Å². The molecule has 198 valence electrons. The lowest BCUT2D eigenvalue weighted by molar-refractivity contribution is 0.284. The molecule has 5 heteroatoms. The number of nitrogens with zero attached hydrogens (tertiary/aromatic N) is 1. The lowest BCUT2D eigenvalue weighted by atomic mass is 9.88. The van der Waals surface area contributed by atoms with Crippen molar-refractivity contribution < 1.29 is 14.9 Å². The van der Waals surface area contributed by atoms with Crippen LogP contribution < -0.4 is 10.1 Å². The van der Waals surface area contributed by atoms with Crippen LogP contribution in [0.3, 0.4) is 0 Å². The number of methoxy groups -OCH3 is 1. The molecule has 0 aliphatic heterocycles. The number of ether oxygens (including phenoxy) is 1. The molecule has 38 heavy (non-hydrogen) atoms. The Hall–Kier alpha value is -3.51. The van der Waals surface area contributed by atoms with Crippen molar-refractivity contribution in [3.05, 3.63) is 95.1 Å². The molecule has 0 aliphatic carbocycles. The Labute approximate surface area is 226 Å². The number of benzene rings is 3. The van der Waals surface area contributed by atoms with Crippen LogP contribution >= 0.6 is 0 Å². The van der Waals surface area contributed by atoms with Crippen molar-refractivity contribution >= 4 is 0 Å². The number of aryl methyl sites for hydroxylation is 1. The zero-order chi connectivity index (χ0) is 26.9. The largest absolute Gasteiger partial charge is 0.481 e. The maximum Gasteiger partial charge on any atom is 0.218 e. The van der Waals surface area contributed by atoms with Gasteiger partial charge < -0.3 is 20.3 Å². The van der Waals surface area contributed by atoms with Crippen molar-refractivity contribution in [1.29, 1.82) is 0 Å². The summed E-state index contributed by atoms with van der Waals surface area (Å²) in [6, 6.07) is 25.8. The molecule has 4 aromatic rings. The summed E-state index contributed by atoms with van der Waals surface area (Å²) in [7, 11) is 1.64. The van der Waals surface area contributed by atoms with Gasteiger partial charge in [0.15, 0.2) is 0 Å². The van der Waals surface area contributed by atoms with E-state index in [0.717, 1.165) is 36.1 Å². The first-order chi connectivity index (χ1) is 18.6. The Morgan fingerprint density at radius 2 is 1.39 bits per heavy atom. The van der Waals surface area contributed by atoms with Crippen LogP contribution in [0.5, 0.6) is 5.88 Å². The van der Waals surface area contributed by atoms with Crippen LogP contribution in [-0.4, -0.2) is 42.1 Å². The first-order valence-electron chi connectivity index (χ1n) is 13.3. The number of hydrogen-bond donors (Lipinski definition) is 3. The van der Waals surface area contributed by atoms with Gasteiger partial charge in [-0.2, -0.15) is 0 Å². The molecule has 0 saturated heterocycles. The number of hydrogen-bond acceptors (Lipinski definition) is 5. The minimum absolute atomic E-state index is 0.0944. The molecule has 0 aliphatic rings. The summed E-state index contributed by atoms with van der Waals surface area (Å²) in [6.07, 6.45) is 2.84. The average molecular weight is 511 g/mol. The standard InChI is InChI=1S/C33H38N2O3/c1-23-28(26-15-13-25(14-16-26)8-4-5-20-36)9-6-10-29(23)30-11-7-12-31(24(30)2)32-18-17-27(22-34-19-21-37)33(35-32)38-3/h6-7,9-18,34,36-37H,4-5,8,19-22H2,1-3H3. The van der Waals surface area contributed by atoms with E-state index >= 15 is 0 Å². The van der Waals surface area contributed by atoms with Gasteiger partial charge in [-0.1, -0.05) is 66.7 Å². The lowest BCUT2D eigenvalue weighted by Crippen LogP contribution is -2.18. The summed E-state index contributed by atoms with van der Waals surface area (Å²) in [4.78, 5) is 4.82. The van der Waals surface area contributed by atoms with Crippen LogP contribution in [-0.2, 0) is 13.0 Å². The average Bonchev–Trinajstić information content (AvgIpc) is 2.94. The minimum atomic E-state index is 0.0944. The highest BCUT2D eigenvalue weighted by atomic mass is 16.5. The number of aliphatic hydroxyl groups excluding tert-OH is 2. The van der Waals surface area contributed by atoms with E-state index in [4.69, 9.17) is 19.9 Å². The normalized spacial score (nSPS) is 11.1. The topological polar surface area (TPSA) is 74.6 Å². The fourth-order valence-corrected chi connectivity index (χ4v) is 4.97. The number of nitrogens with one attached hydrogen (secondary N) is 1. The maximum atomic E-state index is 9.05. The smallest absolute Gasteiger partial charge is 0.218 e. The molecule has 5 nitrogen and oxygen atoms in total. The van der Waals surface area contributed by atoms with E-state index in [2.05, 4.69) is 79.8 Å². The van der Waals surface area contributed by atoms with Crippen LogP contribution in [0, 0.1) is 13.8 Å². The van der Waals surface area contributed by atoms with Crippen LogP contribution in [0.2, 0.25) is 0 Å². The number of rotatable bonds is 12. The van der Waals surface area contributed by atoms with Crippen LogP contribution in [0.1, 0.15) is 35.1 Å². The second-order valence-electron chi connectivity index (χ2n) is 9.60. The van der Waals surface area contributed by atoms with E-state index in [0.29, 0.717) is 19.0 Å². The second-order valence-corrected chi connectivity index (χ2v) is 9.60. The molecule has 0 radical (unpaired) electrons. The Bertz CT molecular complexity index is 1350. The van der Waals surface area contributed by atoms with Crippen molar-refractivity contribution in [2.24, 2.45) is 0 Å². The van der Waals surface area contributed by atoms with Gasteiger partial charge in [0.05, 0.1) is 19.4 Å². The molecule has 0 atom stereocenters. The number of pyridine rings is 1. The molecule has 0 spiro atoms. The van der Waals surface area contributed by atoms with Gasteiger partial charge in [0, 0.05) is 30.8 Å². The highest BCUT2D eigenvalue weighted by molar-refractivity contribution is 5.83. The summed E-state index contributed by atoms with van der Waals surface area (Å²) in [6.45, 7) is 5.81. The molecule has 1 aromatic heterocycles. The van der Waals surface area contributed by atoms with E-state index in [1.54, 1.807) is 7.11 Å². The number of aromatic nitrogens is 1. The lowest BCUT2D eigenvalue weighted by Gasteiger charge is -2.17. The Kier molecular flexibility index (Phi) is 9.66. The van der Waals surface area contributed by atoms with Gasteiger partial charge in [0.1, 0.15) is 0 Å². The van der Waals surface area contributed by atoms with Crippen LogP contribution in [0.4, 0.5) is 0 Å². The molecular weight excluding hydrogens is 472 g/mol. The molecule has 1 heterocycles. The summed E-state index contributed by atoms with van der Waals surface area (Å²) in [5.74, 6) is 0.593. The maximum absolute atomic E-state index is 9.05. The summed E-state index contributed by atoms with van der Waals surface area (Å²) >= 11 is 0. The Morgan fingerprint density at radius 1 is 0.737 bits per heavy atom. The monoisotopic (exact) mass is 510 g/mol. The predicted molar refractivity (Wildman–Crippen MR) is 155 cm³/mol. The zero-order valence-corrected chi connectivity index (χ0v) is 22.6.